The first-order chi connectivity index (χ1) is 26.0. The maximum Gasteiger partial charge on any atom is 0.331 e. The molecule has 0 spiro atoms. The third-order valence-corrected chi connectivity index (χ3v) is 10.1. The molecule has 0 N–H and O–H groups in total. The molecule has 0 aliphatic heterocycles. The molecule has 5 heteroatoms. The monoisotopic (exact) mass is 743 g/mol. The van der Waals surface area contributed by atoms with Gasteiger partial charge in [-0.1, -0.05) is 194 Å². The summed E-state index contributed by atoms with van der Waals surface area (Å²) in [6, 6.07) is 3.99. The molecule has 0 radical (unpaired) electrons. The Bertz CT molecular complexity index is 986. The van der Waals surface area contributed by atoms with Crippen molar-refractivity contribution in [3.63, 3.8) is 0 Å². The maximum absolute atomic E-state index is 12.5. The average molecular weight is 743 g/mol. The van der Waals surface area contributed by atoms with Crippen LogP contribution in [-0.2, 0) is 9.53 Å². The molecule has 0 unspecified atom stereocenters. The minimum Gasteiger partial charge on any atom is -0.493 e. The minimum atomic E-state index is -0.352. The fraction of sp³-hybridized carbons (Fsp3) is 0.812. The average Bonchev–Trinajstić information content (AvgIpc) is 3.14. The third kappa shape index (κ3) is 29.8. The minimum absolute atomic E-state index is 0.166. The van der Waals surface area contributed by atoms with Gasteiger partial charge in [0.05, 0.1) is 25.9 Å². The van der Waals surface area contributed by atoms with Gasteiger partial charge in [0.2, 0.25) is 0 Å². The summed E-state index contributed by atoms with van der Waals surface area (Å²) in [6.07, 6.45) is 41.9. The fourth-order valence-electron chi connectivity index (χ4n) is 6.78. The standard InChI is InChI=1S/C48H86O5/c1-6-9-12-15-18-21-24-27-30-33-38-50-45-42-47(52-40-35-32-29-26-23-20-17-14-11-8-3)46(41-44(45)36-37-48(49)53-43(4)5)51-39-34-31-28-25-22-19-16-13-10-7-2/h36-37,41-43H,6-35,38-40H2,1-5H3. The molecular weight excluding hydrogens is 657 g/mol. The Morgan fingerprint density at radius 1 is 0.453 bits per heavy atom. The lowest BCUT2D eigenvalue weighted by atomic mass is 10.1. The van der Waals surface area contributed by atoms with Gasteiger partial charge in [0, 0.05) is 17.7 Å². The Morgan fingerprint density at radius 3 is 1.09 bits per heavy atom. The number of carbonyl (C=O) groups is 1. The van der Waals surface area contributed by atoms with E-state index in [0.717, 1.165) is 42.1 Å². The first-order valence-electron chi connectivity index (χ1n) is 23.0. The first-order valence-corrected chi connectivity index (χ1v) is 23.0. The van der Waals surface area contributed by atoms with Gasteiger partial charge < -0.3 is 18.9 Å². The molecule has 1 aromatic carbocycles. The van der Waals surface area contributed by atoms with Gasteiger partial charge in [-0.25, -0.2) is 4.79 Å². The van der Waals surface area contributed by atoms with Crippen molar-refractivity contribution >= 4 is 12.0 Å². The van der Waals surface area contributed by atoms with Gasteiger partial charge in [0.15, 0.2) is 11.5 Å². The van der Waals surface area contributed by atoms with E-state index in [4.69, 9.17) is 18.9 Å². The molecule has 0 atom stereocenters. The molecule has 1 aromatic rings. The second-order valence-electron chi connectivity index (χ2n) is 15.7. The van der Waals surface area contributed by atoms with Crippen LogP contribution in [0.25, 0.3) is 6.08 Å². The summed E-state index contributed by atoms with van der Waals surface area (Å²) in [6.45, 7) is 12.5. The smallest absolute Gasteiger partial charge is 0.331 e. The van der Waals surface area contributed by atoms with Crippen LogP contribution < -0.4 is 14.2 Å². The van der Waals surface area contributed by atoms with E-state index in [1.165, 1.54) is 179 Å². The van der Waals surface area contributed by atoms with Crippen LogP contribution in [0.3, 0.4) is 0 Å². The summed E-state index contributed by atoms with van der Waals surface area (Å²) in [5.74, 6) is 1.86. The third-order valence-electron chi connectivity index (χ3n) is 10.1. The van der Waals surface area contributed by atoms with Gasteiger partial charge in [-0.3, -0.25) is 0 Å². The van der Waals surface area contributed by atoms with Crippen LogP contribution >= 0.6 is 0 Å². The molecule has 0 aliphatic carbocycles. The SMILES string of the molecule is CCCCCCCCCCCCOc1cc(OCCCCCCCCCCCC)c(OCCCCCCCCCCCC)cc1C=CC(=O)OC(C)C. The number of ether oxygens (including phenoxy) is 4. The summed E-state index contributed by atoms with van der Waals surface area (Å²) in [4.78, 5) is 12.5. The lowest BCUT2D eigenvalue weighted by molar-refractivity contribution is -0.141. The Hall–Kier alpha value is -2.17. The van der Waals surface area contributed by atoms with Gasteiger partial charge in [0.25, 0.3) is 0 Å². The van der Waals surface area contributed by atoms with Gasteiger partial charge in [-0.05, 0) is 45.3 Å². The van der Waals surface area contributed by atoms with Crippen LogP contribution in [0, 0.1) is 0 Å². The van der Waals surface area contributed by atoms with E-state index in [2.05, 4.69) is 20.8 Å². The van der Waals surface area contributed by atoms with Crippen molar-refractivity contribution in [2.24, 2.45) is 0 Å². The number of benzene rings is 1. The molecule has 0 bridgehead atoms. The quantitative estimate of drug-likeness (QED) is 0.0382. The van der Waals surface area contributed by atoms with Crippen molar-refractivity contribution in [2.45, 2.75) is 233 Å². The number of rotatable bonds is 39. The summed E-state index contributed by atoms with van der Waals surface area (Å²) >= 11 is 0. The number of carbonyl (C=O) groups excluding carboxylic acids is 1. The number of hydrogen-bond donors (Lipinski definition) is 0. The summed E-state index contributed by atoms with van der Waals surface area (Å²) in [5, 5.41) is 0. The predicted molar refractivity (Wildman–Crippen MR) is 229 cm³/mol. The lowest BCUT2D eigenvalue weighted by Gasteiger charge is -2.17. The highest BCUT2D eigenvalue weighted by Crippen LogP contribution is 2.37. The molecule has 1 rings (SSSR count). The highest BCUT2D eigenvalue weighted by Gasteiger charge is 2.14. The highest BCUT2D eigenvalue weighted by atomic mass is 16.5. The Kier molecular flexibility index (Phi) is 33.9. The normalized spacial score (nSPS) is 11.5. The van der Waals surface area contributed by atoms with Crippen LogP contribution in [0.15, 0.2) is 18.2 Å². The Morgan fingerprint density at radius 2 is 0.755 bits per heavy atom. The maximum atomic E-state index is 12.5. The molecule has 0 aliphatic rings. The summed E-state index contributed by atoms with van der Waals surface area (Å²) in [7, 11) is 0. The van der Waals surface area contributed by atoms with E-state index < -0.39 is 0 Å². The topological polar surface area (TPSA) is 54.0 Å². The van der Waals surface area contributed by atoms with Crippen molar-refractivity contribution in [2.75, 3.05) is 19.8 Å². The molecule has 0 aromatic heterocycles. The van der Waals surface area contributed by atoms with Crippen LogP contribution in [-0.4, -0.2) is 31.9 Å². The predicted octanol–water partition coefficient (Wildman–Crippen LogP) is 15.6. The zero-order valence-corrected chi connectivity index (χ0v) is 35.8. The van der Waals surface area contributed by atoms with Gasteiger partial charge >= 0.3 is 5.97 Å². The van der Waals surface area contributed by atoms with Gasteiger partial charge in [-0.2, -0.15) is 0 Å². The largest absolute Gasteiger partial charge is 0.493 e. The van der Waals surface area contributed by atoms with Crippen LogP contribution in [0.2, 0.25) is 0 Å². The van der Waals surface area contributed by atoms with Crippen LogP contribution in [0.1, 0.15) is 233 Å². The molecule has 5 nitrogen and oxygen atoms in total. The fourth-order valence-corrected chi connectivity index (χ4v) is 6.78. The van der Waals surface area contributed by atoms with E-state index in [0.29, 0.717) is 19.8 Å². The van der Waals surface area contributed by atoms with Crippen molar-refractivity contribution in [3.05, 3.63) is 23.8 Å². The molecule has 0 amide bonds. The summed E-state index contributed by atoms with van der Waals surface area (Å²) in [5.41, 5.74) is 0.821. The van der Waals surface area contributed by atoms with E-state index >= 15 is 0 Å². The second kappa shape index (κ2) is 36.8. The van der Waals surface area contributed by atoms with E-state index in [-0.39, 0.29) is 12.1 Å². The zero-order valence-electron chi connectivity index (χ0n) is 35.8. The zero-order chi connectivity index (χ0) is 38.5. The van der Waals surface area contributed by atoms with E-state index in [1.807, 2.05) is 26.0 Å². The number of unbranched alkanes of at least 4 members (excludes halogenated alkanes) is 27. The van der Waals surface area contributed by atoms with E-state index in [1.54, 1.807) is 6.08 Å². The summed E-state index contributed by atoms with van der Waals surface area (Å²) < 4.78 is 24.6. The molecule has 0 fully saturated rings. The van der Waals surface area contributed by atoms with Crippen molar-refractivity contribution < 1.29 is 23.7 Å². The van der Waals surface area contributed by atoms with E-state index in [9.17, 15) is 4.79 Å². The van der Waals surface area contributed by atoms with Crippen LogP contribution in [0.5, 0.6) is 17.2 Å². The van der Waals surface area contributed by atoms with Gasteiger partial charge in [-0.15, -0.1) is 0 Å². The Labute approximate surface area is 329 Å². The van der Waals surface area contributed by atoms with Crippen molar-refractivity contribution in [1.82, 2.24) is 0 Å². The Balaban J connectivity index is 2.82. The lowest BCUT2D eigenvalue weighted by Crippen LogP contribution is -2.08. The second-order valence-corrected chi connectivity index (χ2v) is 15.7. The van der Waals surface area contributed by atoms with Crippen LogP contribution in [0.4, 0.5) is 0 Å². The molecule has 0 saturated carbocycles. The first kappa shape index (κ1) is 48.8. The molecule has 0 heterocycles. The van der Waals surface area contributed by atoms with Gasteiger partial charge in [0.1, 0.15) is 5.75 Å². The number of esters is 1. The highest BCUT2D eigenvalue weighted by molar-refractivity contribution is 5.88. The molecule has 53 heavy (non-hydrogen) atoms. The van der Waals surface area contributed by atoms with Crippen molar-refractivity contribution in [1.29, 1.82) is 0 Å². The molecule has 0 saturated heterocycles. The molecular formula is C48H86O5. The molecule has 308 valence electrons. The van der Waals surface area contributed by atoms with Crippen molar-refractivity contribution in [3.8, 4) is 17.2 Å². The number of hydrogen-bond acceptors (Lipinski definition) is 5.